The minimum Gasteiger partial charge on any atom is -0.480 e. The molecule has 0 amide bonds. The number of fused-ring (bicyclic) bond motifs is 1. The van der Waals surface area contributed by atoms with Gasteiger partial charge in [0.15, 0.2) is 0 Å². The Hall–Kier alpha value is -2.59. The summed E-state index contributed by atoms with van der Waals surface area (Å²) in [6, 6.07) is 17.5. The van der Waals surface area contributed by atoms with E-state index in [4.69, 9.17) is 0 Å². The van der Waals surface area contributed by atoms with Crippen molar-refractivity contribution in [1.29, 1.82) is 0 Å². The predicted molar refractivity (Wildman–Crippen MR) is 96.3 cm³/mol. The smallest absolute Gasteiger partial charge is 0.321 e. The van der Waals surface area contributed by atoms with Crippen molar-refractivity contribution >= 4 is 16.9 Å². The van der Waals surface area contributed by atoms with Gasteiger partial charge in [0.05, 0.1) is 0 Å². The van der Waals surface area contributed by atoms with E-state index in [0.29, 0.717) is 13.0 Å². The van der Waals surface area contributed by atoms with Crippen molar-refractivity contribution in [3.8, 4) is 0 Å². The Morgan fingerprint density at radius 2 is 1.83 bits per heavy atom. The highest BCUT2D eigenvalue weighted by Gasteiger charge is 2.20. The Morgan fingerprint density at radius 3 is 2.58 bits per heavy atom. The molecule has 1 aromatic heterocycles. The highest BCUT2D eigenvalue weighted by molar-refractivity contribution is 5.84. The van der Waals surface area contributed by atoms with E-state index < -0.39 is 12.0 Å². The first kappa shape index (κ1) is 16.3. The van der Waals surface area contributed by atoms with E-state index in [1.165, 1.54) is 5.56 Å². The fraction of sp³-hybridized carbons (Fsp3) is 0.250. The normalized spacial score (nSPS) is 13.7. The summed E-state index contributed by atoms with van der Waals surface area (Å²) >= 11 is 0. The van der Waals surface area contributed by atoms with Gasteiger partial charge in [-0.05, 0) is 23.1 Å². The van der Waals surface area contributed by atoms with Crippen LogP contribution in [0.2, 0.25) is 0 Å². The lowest BCUT2D eigenvalue weighted by atomic mass is 10.00. The number of hydrogen-bond donors (Lipinski definition) is 3. The largest absolute Gasteiger partial charge is 0.480 e. The van der Waals surface area contributed by atoms with Crippen LogP contribution in [0, 0.1) is 0 Å². The molecule has 0 aliphatic carbocycles. The van der Waals surface area contributed by atoms with Gasteiger partial charge in [-0.15, -0.1) is 0 Å². The van der Waals surface area contributed by atoms with Crippen LogP contribution in [0.3, 0.4) is 0 Å². The Kier molecular flexibility index (Phi) is 4.96. The predicted octanol–water partition coefficient (Wildman–Crippen LogP) is 3.56. The lowest BCUT2D eigenvalue weighted by molar-refractivity contribution is -0.139. The summed E-state index contributed by atoms with van der Waals surface area (Å²) in [7, 11) is 0. The van der Waals surface area contributed by atoms with Gasteiger partial charge in [0.2, 0.25) is 0 Å². The summed E-state index contributed by atoms with van der Waals surface area (Å²) in [6.45, 7) is 2.73. The van der Waals surface area contributed by atoms with Gasteiger partial charge in [0.1, 0.15) is 6.04 Å². The van der Waals surface area contributed by atoms with Crippen LogP contribution in [0.5, 0.6) is 0 Å². The molecular weight excluding hydrogens is 300 g/mol. The number of hydrogen-bond acceptors (Lipinski definition) is 2. The molecule has 0 spiro atoms. The number of carbonyl (C=O) groups is 1. The second-order valence-corrected chi connectivity index (χ2v) is 6.17. The van der Waals surface area contributed by atoms with Gasteiger partial charge < -0.3 is 15.4 Å². The maximum Gasteiger partial charge on any atom is 0.321 e. The molecule has 0 aliphatic heterocycles. The van der Waals surface area contributed by atoms with Crippen molar-refractivity contribution < 1.29 is 9.90 Å². The maximum atomic E-state index is 11.6. The van der Waals surface area contributed by atoms with Crippen LogP contribution in [0.4, 0.5) is 0 Å². The van der Waals surface area contributed by atoms with Crippen molar-refractivity contribution in [2.24, 2.45) is 0 Å². The third-order valence-electron chi connectivity index (χ3n) is 4.44. The van der Waals surface area contributed by atoms with Gasteiger partial charge in [0, 0.05) is 30.1 Å². The molecule has 124 valence electrons. The molecule has 1 heterocycles. The molecule has 0 radical (unpaired) electrons. The number of para-hydroxylation sites is 1. The molecule has 2 atom stereocenters. The van der Waals surface area contributed by atoms with Crippen LogP contribution >= 0.6 is 0 Å². The van der Waals surface area contributed by atoms with Gasteiger partial charge in [-0.2, -0.15) is 0 Å². The number of aromatic nitrogens is 1. The molecule has 0 bridgehead atoms. The summed E-state index contributed by atoms with van der Waals surface area (Å²) in [4.78, 5) is 14.8. The molecule has 0 aliphatic rings. The van der Waals surface area contributed by atoms with Crippen LogP contribution in [-0.2, 0) is 11.2 Å². The number of rotatable bonds is 7. The second kappa shape index (κ2) is 7.32. The molecule has 0 unspecified atom stereocenters. The minimum absolute atomic E-state index is 0.260. The Bertz CT molecular complexity index is 811. The summed E-state index contributed by atoms with van der Waals surface area (Å²) in [5, 5.41) is 13.8. The van der Waals surface area contributed by atoms with Gasteiger partial charge >= 0.3 is 5.97 Å². The summed E-state index contributed by atoms with van der Waals surface area (Å²) in [5.74, 6) is -0.559. The SMILES string of the molecule is C[C@@H](CN[C@H](Cc1c[nH]c2ccccc12)C(=O)O)c1ccccc1. The van der Waals surface area contributed by atoms with Crippen LogP contribution < -0.4 is 5.32 Å². The zero-order chi connectivity index (χ0) is 16.9. The van der Waals surface area contributed by atoms with Gasteiger partial charge in [-0.3, -0.25) is 4.79 Å². The van der Waals surface area contributed by atoms with Crippen LogP contribution in [-0.4, -0.2) is 28.6 Å². The number of aliphatic carboxylic acids is 1. The van der Waals surface area contributed by atoms with Crippen LogP contribution in [0.25, 0.3) is 10.9 Å². The molecule has 2 aromatic carbocycles. The molecule has 3 N–H and O–H groups in total. The molecule has 24 heavy (non-hydrogen) atoms. The topological polar surface area (TPSA) is 65.1 Å². The summed E-state index contributed by atoms with van der Waals surface area (Å²) < 4.78 is 0. The van der Waals surface area contributed by atoms with Crippen LogP contribution in [0.15, 0.2) is 60.8 Å². The molecule has 0 fully saturated rings. The fourth-order valence-electron chi connectivity index (χ4n) is 2.99. The standard InChI is InChI=1S/C20H22N2O2/c1-14(15-7-3-2-4-8-15)12-21-19(20(23)24)11-16-13-22-18-10-6-5-9-17(16)18/h2-10,13-14,19,21-22H,11-12H2,1H3,(H,23,24)/t14-,19+/m0/s1. The lowest BCUT2D eigenvalue weighted by Gasteiger charge is -2.18. The maximum absolute atomic E-state index is 11.6. The molecule has 4 nitrogen and oxygen atoms in total. The van der Waals surface area contributed by atoms with Gasteiger partial charge in [-0.25, -0.2) is 0 Å². The van der Waals surface area contributed by atoms with Gasteiger partial charge in [-0.1, -0.05) is 55.5 Å². The van der Waals surface area contributed by atoms with E-state index in [-0.39, 0.29) is 5.92 Å². The Labute approximate surface area is 141 Å². The van der Waals surface area contributed by atoms with E-state index in [1.54, 1.807) is 0 Å². The van der Waals surface area contributed by atoms with Crippen molar-refractivity contribution in [3.05, 3.63) is 71.9 Å². The van der Waals surface area contributed by atoms with Gasteiger partial charge in [0.25, 0.3) is 0 Å². The number of benzene rings is 2. The highest BCUT2D eigenvalue weighted by atomic mass is 16.4. The van der Waals surface area contributed by atoms with Crippen molar-refractivity contribution in [3.63, 3.8) is 0 Å². The average Bonchev–Trinajstić information content (AvgIpc) is 3.02. The number of carboxylic acids is 1. The van der Waals surface area contributed by atoms with E-state index in [0.717, 1.165) is 16.5 Å². The van der Waals surface area contributed by atoms with E-state index >= 15 is 0 Å². The average molecular weight is 322 g/mol. The molecule has 0 saturated carbocycles. The van der Waals surface area contributed by atoms with Crippen molar-refractivity contribution in [2.75, 3.05) is 6.54 Å². The molecular formula is C20H22N2O2. The number of nitrogens with one attached hydrogen (secondary N) is 2. The second-order valence-electron chi connectivity index (χ2n) is 6.17. The summed E-state index contributed by atoms with van der Waals surface area (Å²) in [6.07, 6.45) is 2.36. The first-order chi connectivity index (χ1) is 11.6. The fourth-order valence-corrected chi connectivity index (χ4v) is 2.99. The van der Waals surface area contributed by atoms with Crippen molar-refractivity contribution in [2.45, 2.75) is 25.3 Å². The van der Waals surface area contributed by atoms with E-state index in [1.807, 2.05) is 48.7 Å². The zero-order valence-corrected chi connectivity index (χ0v) is 13.7. The molecule has 3 rings (SSSR count). The third-order valence-corrected chi connectivity index (χ3v) is 4.44. The Balaban J connectivity index is 1.68. The number of carboxylic acid groups (broad SMARTS) is 1. The third kappa shape index (κ3) is 3.66. The number of aromatic amines is 1. The van der Waals surface area contributed by atoms with E-state index in [9.17, 15) is 9.90 Å². The molecule has 3 aromatic rings. The Morgan fingerprint density at radius 1 is 1.12 bits per heavy atom. The zero-order valence-electron chi connectivity index (χ0n) is 13.7. The highest BCUT2D eigenvalue weighted by Crippen LogP contribution is 2.20. The van der Waals surface area contributed by atoms with Crippen molar-refractivity contribution in [1.82, 2.24) is 10.3 Å². The lowest BCUT2D eigenvalue weighted by Crippen LogP contribution is -2.40. The first-order valence-electron chi connectivity index (χ1n) is 8.21. The molecule has 0 saturated heterocycles. The van der Waals surface area contributed by atoms with E-state index in [2.05, 4.69) is 29.4 Å². The monoisotopic (exact) mass is 322 g/mol. The quantitative estimate of drug-likeness (QED) is 0.623. The first-order valence-corrected chi connectivity index (χ1v) is 8.21. The minimum atomic E-state index is -0.819. The molecule has 4 heteroatoms. The van der Waals surface area contributed by atoms with Crippen LogP contribution in [0.1, 0.15) is 24.0 Å². The summed E-state index contributed by atoms with van der Waals surface area (Å²) in [5.41, 5.74) is 3.27. The number of H-pyrrole nitrogens is 1.